The van der Waals surface area contributed by atoms with Crippen LogP contribution < -0.4 is 19.5 Å². The molecule has 6 nitrogen and oxygen atoms in total. The predicted molar refractivity (Wildman–Crippen MR) is 133 cm³/mol. The molecule has 4 rings (SSSR count). The van der Waals surface area contributed by atoms with Gasteiger partial charge in [-0.2, -0.15) is 0 Å². The number of phenolic OH excluding ortho intramolecular Hbond substituents is 1. The molecule has 0 bridgehead atoms. The van der Waals surface area contributed by atoms with Crippen molar-refractivity contribution in [1.29, 1.82) is 0 Å². The minimum absolute atomic E-state index is 0.155. The van der Waals surface area contributed by atoms with E-state index in [4.69, 9.17) is 19.2 Å². The maximum Gasteiger partial charge on any atom is 0.162 e. The van der Waals surface area contributed by atoms with Gasteiger partial charge in [0.1, 0.15) is 17.7 Å². The zero-order chi connectivity index (χ0) is 23.4. The highest BCUT2D eigenvalue weighted by molar-refractivity contribution is 9.10. The molecule has 0 aromatic heterocycles. The Morgan fingerprint density at radius 2 is 1.82 bits per heavy atom. The van der Waals surface area contributed by atoms with Gasteiger partial charge >= 0.3 is 0 Å². The number of nitrogens with zero attached hydrogens (tertiary/aromatic N) is 1. The SMILES string of the molecule is CCOc1cccc([C@@H]2CC(c3ccc(OC)cc3)=N[C@H](c3ccc(OC)c(Br)c3)N2)c1O. The molecule has 0 spiro atoms. The summed E-state index contributed by atoms with van der Waals surface area (Å²) < 4.78 is 17.2. The van der Waals surface area contributed by atoms with Crippen LogP contribution >= 0.6 is 15.9 Å². The number of rotatable bonds is 7. The van der Waals surface area contributed by atoms with Gasteiger partial charge < -0.3 is 19.3 Å². The van der Waals surface area contributed by atoms with Gasteiger partial charge in [-0.25, -0.2) is 0 Å². The topological polar surface area (TPSA) is 72.3 Å². The van der Waals surface area contributed by atoms with Crippen LogP contribution in [0.1, 0.15) is 42.2 Å². The summed E-state index contributed by atoms with van der Waals surface area (Å²) in [5, 5.41) is 14.5. The lowest BCUT2D eigenvalue weighted by molar-refractivity contribution is 0.313. The third-order valence-electron chi connectivity index (χ3n) is 5.66. The number of aliphatic imine (C=N–C) groups is 1. The van der Waals surface area contributed by atoms with Crippen molar-refractivity contribution in [3.05, 3.63) is 81.8 Å². The molecule has 0 radical (unpaired) electrons. The van der Waals surface area contributed by atoms with Crippen LogP contribution in [0.5, 0.6) is 23.0 Å². The lowest BCUT2D eigenvalue weighted by Gasteiger charge is -2.31. The van der Waals surface area contributed by atoms with E-state index in [1.807, 2.05) is 61.5 Å². The summed E-state index contributed by atoms with van der Waals surface area (Å²) in [7, 11) is 3.29. The van der Waals surface area contributed by atoms with E-state index in [1.165, 1.54) is 0 Å². The van der Waals surface area contributed by atoms with Crippen molar-refractivity contribution < 1.29 is 19.3 Å². The molecule has 0 aliphatic carbocycles. The molecule has 2 atom stereocenters. The Bertz CT molecular complexity index is 1150. The maximum absolute atomic E-state index is 10.9. The molecule has 7 heteroatoms. The Morgan fingerprint density at radius 1 is 1.03 bits per heavy atom. The molecular formula is C26H27BrN2O4. The molecule has 0 saturated heterocycles. The average Bonchev–Trinajstić information content (AvgIpc) is 2.85. The number of ether oxygens (including phenoxy) is 3. The molecule has 3 aromatic rings. The van der Waals surface area contributed by atoms with E-state index in [2.05, 4.69) is 21.2 Å². The minimum atomic E-state index is -0.307. The summed E-state index contributed by atoms with van der Waals surface area (Å²) in [5.41, 5.74) is 3.72. The minimum Gasteiger partial charge on any atom is -0.504 e. The van der Waals surface area contributed by atoms with Crippen molar-refractivity contribution in [2.24, 2.45) is 4.99 Å². The first-order valence-electron chi connectivity index (χ1n) is 10.8. The second-order valence-corrected chi connectivity index (χ2v) is 8.51. The lowest BCUT2D eigenvalue weighted by atomic mass is 9.93. The summed E-state index contributed by atoms with van der Waals surface area (Å²) in [5.74, 6) is 2.19. The number of para-hydroxylation sites is 1. The van der Waals surface area contributed by atoms with Crippen molar-refractivity contribution in [1.82, 2.24) is 5.32 Å². The van der Waals surface area contributed by atoms with Crippen LogP contribution in [0.4, 0.5) is 0 Å². The number of methoxy groups -OCH3 is 2. The van der Waals surface area contributed by atoms with Crippen molar-refractivity contribution >= 4 is 21.6 Å². The number of benzene rings is 3. The number of hydrogen-bond acceptors (Lipinski definition) is 6. The van der Waals surface area contributed by atoms with Crippen LogP contribution in [0.15, 0.2) is 70.1 Å². The fraction of sp³-hybridized carbons (Fsp3) is 0.269. The first-order valence-corrected chi connectivity index (χ1v) is 11.6. The van der Waals surface area contributed by atoms with Gasteiger partial charge in [-0.3, -0.25) is 10.3 Å². The molecule has 1 aliphatic heterocycles. The van der Waals surface area contributed by atoms with Crippen LogP contribution in [0.3, 0.4) is 0 Å². The average molecular weight is 511 g/mol. The molecule has 0 saturated carbocycles. The molecule has 3 aromatic carbocycles. The Kier molecular flexibility index (Phi) is 7.20. The second kappa shape index (κ2) is 10.3. The van der Waals surface area contributed by atoms with Crippen molar-refractivity contribution in [2.45, 2.75) is 25.6 Å². The third kappa shape index (κ3) is 4.99. The lowest BCUT2D eigenvalue weighted by Crippen LogP contribution is -2.33. The highest BCUT2D eigenvalue weighted by atomic mass is 79.9. The number of halogens is 1. The van der Waals surface area contributed by atoms with Crippen molar-refractivity contribution in [3.63, 3.8) is 0 Å². The Balaban J connectivity index is 1.75. The third-order valence-corrected chi connectivity index (χ3v) is 6.28. The number of phenols is 1. The Morgan fingerprint density at radius 3 is 2.48 bits per heavy atom. The molecule has 0 unspecified atom stereocenters. The molecule has 0 fully saturated rings. The highest BCUT2D eigenvalue weighted by Gasteiger charge is 2.29. The Hall–Kier alpha value is -3.03. The van der Waals surface area contributed by atoms with E-state index < -0.39 is 0 Å². The first-order chi connectivity index (χ1) is 16.0. The highest BCUT2D eigenvalue weighted by Crippen LogP contribution is 2.39. The first kappa shape index (κ1) is 23.1. The van der Waals surface area contributed by atoms with E-state index in [9.17, 15) is 5.11 Å². The van der Waals surface area contributed by atoms with Gasteiger partial charge in [0.15, 0.2) is 11.5 Å². The van der Waals surface area contributed by atoms with E-state index in [-0.39, 0.29) is 18.0 Å². The summed E-state index contributed by atoms with van der Waals surface area (Å²) in [6, 6.07) is 19.2. The molecule has 1 heterocycles. The summed E-state index contributed by atoms with van der Waals surface area (Å²) >= 11 is 3.58. The predicted octanol–water partition coefficient (Wildman–Crippen LogP) is 5.79. The van der Waals surface area contributed by atoms with E-state index in [0.717, 1.165) is 38.4 Å². The van der Waals surface area contributed by atoms with Gasteiger partial charge in [-0.1, -0.05) is 18.2 Å². The standard InChI is InChI=1S/C26H27BrN2O4/c1-4-33-24-7-5-6-19(25(24)30)22-15-21(16-8-11-18(31-2)12-9-16)28-26(29-22)17-10-13-23(32-3)20(27)14-17/h5-14,22,26,29-30H,4,15H2,1-3H3/t22-,26-/m0/s1. The summed E-state index contributed by atoms with van der Waals surface area (Å²) in [6.07, 6.45) is 0.307. The molecule has 0 amide bonds. The second-order valence-electron chi connectivity index (χ2n) is 7.65. The van der Waals surface area contributed by atoms with Gasteiger partial charge in [-0.05, 0) is 76.4 Å². The van der Waals surface area contributed by atoms with Gasteiger partial charge in [0.25, 0.3) is 0 Å². The van der Waals surface area contributed by atoms with Crippen LogP contribution in [0.25, 0.3) is 0 Å². The fourth-order valence-electron chi connectivity index (χ4n) is 3.98. The quantitative estimate of drug-likeness (QED) is 0.420. The number of aromatic hydroxyl groups is 1. The zero-order valence-electron chi connectivity index (χ0n) is 18.8. The molecule has 2 N–H and O–H groups in total. The fourth-order valence-corrected chi connectivity index (χ4v) is 4.54. The molecular weight excluding hydrogens is 484 g/mol. The van der Waals surface area contributed by atoms with E-state index >= 15 is 0 Å². The largest absolute Gasteiger partial charge is 0.504 e. The van der Waals surface area contributed by atoms with Gasteiger partial charge in [0.05, 0.1) is 25.3 Å². The summed E-state index contributed by atoms with van der Waals surface area (Å²) in [4.78, 5) is 5.03. The molecule has 1 aliphatic rings. The number of nitrogens with one attached hydrogen (secondary N) is 1. The van der Waals surface area contributed by atoms with Crippen LogP contribution in [0, 0.1) is 0 Å². The van der Waals surface area contributed by atoms with Gasteiger partial charge in [-0.15, -0.1) is 0 Å². The molecule has 172 valence electrons. The number of hydrogen-bond donors (Lipinski definition) is 2. The molecule has 33 heavy (non-hydrogen) atoms. The van der Waals surface area contributed by atoms with Gasteiger partial charge in [0.2, 0.25) is 0 Å². The van der Waals surface area contributed by atoms with Crippen LogP contribution in [-0.2, 0) is 0 Å². The van der Waals surface area contributed by atoms with Crippen LogP contribution in [0.2, 0.25) is 0 Å². The van der Waals surface area contributed by atoms with Gasteiger partial charge in [0, 0.05) is 23.7 Å². The van der Waals surface area contributed by atoms with Crippen molar-refractivity contribution in [3.8, 4) is 23.0 Å². The van der Waals surface area contributed by atoms with E-state index in [1.54, 1.807) is 20.3 Å². The van der Waals surface area contributed by atoms with E-state index in [0.29, 0.717) is 18.8 Å². The van der Waals surface area contributed by atoms with Crippen molar-refractivity contribution in [2.75, 3.05) is 20.8 Å². The summed E-state index contributed by atoms with van der Waals surface area (Å²) in [6.45, 7) is 2.38. The van der Waals surface area contributed by atoms with Crippen LogP contribution in [-0.4, -0.2) is 31.6 Å². The normalized spacial score (nSPS) is 17.9. The maximum atomic E-state index is 10.9. The Labute approximate surface area is 202 Å². The smallest absolute Gasteiger partial charge is 0.162 e. The monoisotopic (exact) mass is 510 g/mol. The zero-order valence-corrected chi connectivity index (χ0v) is 20.4.